The molecule has 0 unspecified atom stereocenters. The van der Waals surface area contributed by atoms with Crippen molar-refractivity contribution in [3.05, 3.63) is 0 Å². The Morgan fingerprint density at radius 3 is 2.34 bits per heavy atom. The first-order valence-corrected chi connectivity index (χ1v) is 17.9. The van der Waals surface area contributed by atoms with Crippen molar-refractivity contribution < 1.29 is 19.4 Å². The van der Waals surface area contributed by atoms with Crippen LogP contribution in [-0.4, -0.2) is 42.2 Å². The fourth-order valence-electron chi connectivity index (χ4n) is 9.82. The second kappa shape index (κ2) is 15.7. The molecule has 5 nitrogen and oxygen atoms in total. The molecule has 236 valence electrons. The Balaban J connectivity index is 1.12. The summed E-state index contributed by atoms with van der Waals surface area (Å²) in [6.45, 7) is 8.71. The van der Waals surface area contributed by atoms with Crippen molar-refractivity contribution in [1.29, 1.82) is 0 Å². The van der Waals surface area contributed by atoms with E-state index in [1.165, 1.54) is 77.0 Å². The van der Waals surface area contributed by atoms with Crippen LogP contribution in [0.2, 0.25) is 0 Å². The van der Waals surface area contributed by atoms with Gasteiger partial charge >= 0.3 is 0 Å². The molecule has 4 aliphatic carbocycles. The maximum atomic E-state index is 12.4. The lowest BCUT2D eigenvalue weighted by atomic mass is 9.44. The molecule has 4 aliphatic rings. The Hall–Kier alpha value is -0.940. The molecule has 4 saturated carbocycles. The second-order valence-electron chi connectivity index (χ2n) is 15.0. The number of hydrogen-bond acceptors (Lipinski definition) is 4. The number of rotatable bonds is 17. The van der Waals surface area contributed by atoms with Gasteiger partial charge in [-0.3, -0.25) is 9.59 Å². The monoisotopic (exact) mass is 573 g/mol. The Morgan fingerprint density at radius 2 is 1.61 bits per heavy atom. The zero-order valence-electron chi connectivity index (χ0n) is 26.9. The first-order chi connectivity index (χ1) is 19.8. The van der Waals surface area contributed by atoms with Gasteiger partial charge in [-0.15, -0.1) is 0 Å². The maximum Gasteiger partial charge on any atom is 0.219 e. The van der Waals surface area contributed by atoms with Gasteiger partial charge in [-0.1, -0.05) is 78.6 Å². The van der Waals surface area contributed by atoms with Gasteiger partial charge in [0, 0.05) is 32.4 Å². The van der Waals surface area contributed by atoms with E-state index in [-0.39, 0.29) is 28.9 Å². The van der Waals surface area contributed by atoms with Crippen molar-refractivity contribution in [3.8, 4) is 0 Å². The Labute approximate surface area is 251 Å². The number of nitrogens with one attached hydrogen (secondary N) is 1. The summed E-state index contributed by atoms with van der Waals surface area (Å²) in [7, 11) is 0. The first kappa shape index (κ1) is 33.0. The number of carbonyl (C=O) groups is 2. The fourth-order valence-corrected chi connectivity index (χ4v) is 9.82. The predicted molar refractivity (Wildman–Crippen MR) is 167 cm³/mol. The van der Waals surface area contributed by atoms with Crippen LogP contribution in [0.15, 0.2) is 0 Å². The van der Waals surface area contributed by atoms with Crippen LogP contribution >= 0.6 is 0 Å². The molecule has 0 aromatic carbocycles. The number of carbonyl (C=O) groups excluding carboxylic acids is 2. The fraction of sp³-hybridized carbons (Fsp3) is 0.944. The van der Waals surface area contributed by atoms with Crippen LogP contribution in [0.25, 0.3) is 0 Å². The van der Waals surface area contributed by atoms with Crippen LogP contribution in [0.1, 0.15) is 156 Å². The molecule has 4 rings (SSSR count). The Bertz CT molecular complexity index is 830. The molecular formula is C36H63NO4. The smallest absolute Gasteiger partial charge is 0.219 e. The highest BCUT2D eigenvalue weighted by Gasteiger charge is 2.63. The van der Waals surface area contributed by atoms with Crippen LogP contribution in [0.4, 0.5) is 0 Å². The van der Waals surface area contributed by atoms with Gasteiger partial charge in [-0.05, 0) is 92.3 Å². The number of unbranched alkanes of at least 4 members (excludes halogenated alkanes) is 10. The van der Waals surface area contributed by atoms with Crippen LogP contribution in [0.3, 0.4) is 0 Å². The predicted octanol–water partition coefficient (Wildman–Crippen LogP) is 8.16. The summed E-state index contributed by atoms with van der Waals surface area (Å²) >= 11 is 0. The molecule has 0 aromatic rings. The summed E-state index contributed by atoms with van der Waals surface area (Å²) < 4.78 is 6.81. The van der Waals surface area contributed by atoms with E-state index in [9.17, 15) is 14.7 Å². The second-order valence-corrected chi connectivity index (χ2v) is 15.0. The number of aliphatic hydroxyl groups excluding tert-OH is 1. The number of Topliss-reactive ketones (excluding diaryl/α,β-unsaturated/α-hetero) is 1. The molecule has 41 heavy (non-hydrogen) atoms. The minimum Gasteiger partial charge on any atom is -0.393 e. The highest BCUT2D eigenvalue weighted by Crippen LogP contribution is 2.66. The molecule has 0 spiro atoms. The maximum absolute atomic E-state index is 12.4. The molecule has 8 atom stereocenters. The highest BCUT2D eigenvalue weighted by molar-refractivity contribution is 5.79. The van der Waals surface area contributed by atoms with E-state index in [0.717, 1.165) is 64.5 Å². The van der Waals surface area contributed by atoms with Crippen molar-refractivity contribution >= 4 is 11.7 Å². The molecule has 0 heterocycles. The summed E-state index contributed by atoms with van der Waals surface area (Å²) in [4.78, 5) is 24.2. The average Bonchev–Trinajstić information content (AvgIpc) is 3.25. The van der Waals surface area contributed by atoms with Gasteiger partial charge in [0.05, 0.1) is 12.2 Å². The molecule has 1 amide bonds. The first-order valence-electron chi connectivity index (χ1n) is 17.9. The Morgan fingerprint density at radius 1 is 0.902 bits per heavy atom. The molecule has 0 aliphatic heterocycles. The van der Waals surface area contributed by atoms with Gasteiger partial charge in [-0.25, -0.2) is 0 Å². The van der Waals surface area contributed by atoms with Gasteiger partial charge in [0.1, 0.15) is 5.78 Å². The highest BCUT2D eigenvalue weighted by atomic mass is 16.5. The van der Waals surface area contributed by atoms with E-state index >= 15 is 0 Å². The lowest BCUT2D eigenvalue weighted by Gasteiger charge is -2.62. The molecule has 0 saturated heterocycles. The number of amides is 1. The van der Waals surface area contributed by atoms with Gasteiger partial charge in [-0.2, -0.15) is 0 Å². The number of fused-ring (bicyclic) bond motifs is 5. The van der Waals surface area contributed by atoms with Crippen molar-refractivity contribution in [2.75, 3.05) is 13.2 Å². The minimum atomic E-state index is -0.189. The van der Waals surface area contributed by atoms with Gasteiger partial charge in [0.2, 0.25) is 5.91 Å². The number of aliphatic hydroxyl groups is 1. The van der Waals surface area contributed by atoms with E-state index in [1.54, 1.807) is 0 Å². The van der Waals surface area contributed by atoms with Crippen LogP contribution < -0.4 is 5.32 Å². The number of ketones is 1. The zero-order chi connectivity index (χ0) is 29.3. The molecule has 0 bridgehead atoms. The van der Waals surface area contributed by atoms with Crippen molar-refractivity contribution in [2.24, 2.45) is 34.5 Å². The van der Waals surface area contributed by atoms with Crippen LogP contribution in [-0.2, 0) is 14.3 Å². The summed E-state index contributed by atoms with van der Waals surface area (Å²) in [5, 5.41) is 14.1. The van der Waals surface area contributed by atoms with Crippen molar-refractivity contribution in [3.63, 3.8) is 0 Å². The standard InChI is InChI=1S/C36H63NO4/c1-4-5-14-23-37-33(40)16-13-11-9-7-6-8-10-12-15-24-41-31-26-36(3)30(19-20-32(36)39)29-18-17-27-25-28(38)21-22-35(27,2)34(29)31/h27,29-32,34,39H,4-26H2,1-3H3,(H,37,40)/t27-,29-,30-,31-,32-,34+,35-,36-/m0/s1. The zero-order valence-corrected chi connectivity index (χ0v) is 26.9. The third kappa shape index (κ3) is 8.16. The summed E-state index contributed by atoms with van der Waals surface area (Å²) in [6, 6.07) is 0. The van der Waals surface area contributed by atoms with Crippen molar-refractivity contribution in [1.82, 2.24) is 5.32 Å². The van der Waals surface area contributed by atoms with E-state index < -0.39 is 0 Å². The normalized spacial score (nSPS) is 36.4. The number of hydrogen-bond donors (Lipinski definition) is 2. The lowest BCUT2D eigenvalue weighted by Crippen LogP contribution is -2.60. The molecule has 4 fully saturated rings. The SMILES string of the molecule is CCCCCNC(=O)CCCCCCCCCCCO[C@H]1C[C@]2(C)[C@@H](O)CC[C@H]2[C@@H]2CC[C@H]3CC(=O)CC[C@]3(C)[C@H]21. The molecule has 2 N–H and O–H groups in total. The average molecular weight is 574 g/mol. The van der Waals surface area contributed by atoms with E-state index in [4.69, 9.17) is 4.74 Å². The van der Waals surface area contributed by atoms with Gasteiger partial charge < -0.3 is 15.2 Å². The largest absolute Gasteiger partial charge is 0.393 e. The molecular weight excluding hydrogens is 510 g/mol. The van der Waals surface area contributed by atoms with Crippen LogP contribution in [0.5, 0.6) is 0 Å². The minimum absolute atomic E-state index is 0.00203. The quantitative estimate of drug-likeness (QED) is 0.172. The van der Waals surface area contributed by atoms with E-state index in [0.29, 0.717) is 35.9 Å². The summed E-state index contributed by atoms with van der Waals surface area (Å²) in [5.41, 5.74) is 0.215. The van der Waals surface area contributed by atoms with E-state index in [2.05, 4.69) is 26.1 Å². The third-order valence-electron chi connectivity index (χ3n) is 12.3. The summed E-state index contributed by atoms with van der Waals surface area (Å²) in [6.07, 6.45) is 23.3. The Kier molecular flexibility index (Phi) is 12.6. The summed E-state index contributed by atoms with van der Waals surface area (Å²) in [5.74, 6) is 3.04. The molecule has 0 radical (unpaired) electrons. The van der Waals surface area contributed by atoms with E-state index in [1.807, 2.05) is 0 Å². The lowest BCUT2D eigenvalue weighted by molar-refractivity contribution is -0.192. The molecule has 0 aromatic heterocycles. The third-order valence-corrected chi connectivity index (χ3v) is 12.3. The van der Waals surface area contributed by atoms with Crippen molar-refractivity contribution in [2.45, 2.75) is 168 Å². The van der Waals surface area contributed by atoms with Gasteiger partial charge in [0.25, 0.3) is 0 Å². The topological polar surface area (TPSA) is 75.6 Å². The van der Waals surface area contributed by atoms with Crippen LogP contribution in [0, 0.1) is 34.5 Å². The number of ether oxygens (including phenoxy) is 1. The molecule has 5 heteroatoms. The van der Waals surface area contributed by atoms with Gasteiger partial charge in [0.15, 0.2) is 0 Å².